The van der Waals surface area contributed by atoms with E-state index >= 15 is 0 Å². The van der Waals surface area contributed by atoms with Crippen LogP contribution in [0.5, 0.6) is 0 Å². The Hall–Kier alpha value is -1.85. The minimum absolute atomic E-state index is 0.0462. The maximum Gasteiger partial charge on any atom is 0.233 e. The number of fused-ring (bicyclic) bond motifs is 1. The van der Waals surface area contributed by atoms with Crippen molar-refractivity contribution in [1.82, 2.24) is 4.90 Å². The average Bonchev–Trinajstić information content (AvgIpc) is 2.81. The number of allylic oxidation sites excluding steroid dienone is 2. The van der Waals surface area contributed by atoms with Gasteiger partial charge in [0.1, 0.15) is 0 Å². The molecule has 7 heteroatoms. The van der Waals surface area contributed by atoms with Crippen molar-refractivity contribution in [2.75, 3.05) is 11.9 Å². The van der Waals surface area contributed by atoms with Gasteiger partial charge in [0.2, 0.25) is 17.7 Å². The molecule has 1 aromatic carbocycles. The van der Waals surface area contributed by atoms with Crippen molar-refractivity contribution in [1.29, 1.82) is 0 Å². The maximum atomic E-state index is 12.3. The van der Waals surface area contributed by atoms with Gasteiger partial charge in [-0.25, -0.2) is 0 Å². The average molecular weight is 367 g/mol. The Labute approximate surface area is 149 Å². The number of likely N-dealkylation sites (tertiary alicyclic amines) is 1. The highest BCUT2D eigenvalue weighted by atomic mass is 35.5. The molecule has 1 aliphatic carbocycles. The number of rotatable bonds is 4. The van der Waals surface area contributed by atoms with E-state index in [9.17, 15) is 14.4 Å². The van der Waals surface area contributed by atoms with Crippen LogP contribution in [0, 0.1) is 11.8 Å². The summed E-state index contributed by atoms with van der Waals surface area (Å²) in [5, 5.41) is 3.43. The second kappa shape index (κ2) is 6.95. The molecule has 0 aromatic heterocycles. The van der Waals surface area contributed by atoms with Gasteiger partial charge in [0.05, 0.1) is 21.9 Å². The van der Waals surface area contributed by atoms with Crippen LogP contribution in [0.4, 0.5) is 5.69 Å². The smallest absolute Gasteiger partial charge is 0.233 e. The van der Waals surface area contributed by atoms with Gasteiger partial charge in [-0.2, -0.15) is 0 Å². The Morgan fingerprint density at radius 2 is 1.71 bits per heavy atom. The molecule has 1 saturated heterocycles. The second-order valence-corrected chi connectivity index (χ2v) is 6.73. The molecule has 1 heterocycles. The van der Waals surface area contributed by atoms with Gasteiger partial charge in [-0.1, -0.05) is 35.4 Å². The number of carbonyl (C=O) groups excluding carboxylic acids is 3. The zero-order valence-corrected chi connectivity index (χ0v) is 14.3. The Bertz CT molecular complexity index is 707. The number of amides is 3. The highest BCUT2D eigenvalue weighted by Crippen LogP contribution is 2.35. The van der Waals surface area contributed by atoms with Crippen molar-refractivity contribution >= 4 is 46.6 Å². The summed E-state index contributed by atoms with van der Waals surface area (Å²) in [7, 11) is 0. The van der Waals surface area contributed by atoms with Crippen molar-refractivity contribution in [3.05, 3.63) is 40.4 Å². The summed E-state index contributed by atoms with van der Waals surface area (Å²) in [4.78, 5) is 37.9. The quantitative estimate of drug-likeness (QED) is 0.656. The zero-order valence-electron chi connectivity index (χ0n) is 12.8. The van der Waals surface area contributed by atoms with E-state index in [0.29, 0.717) is 28.6 Å². The highest BCUT2D eigenvalue weighted by Gasteiger charge is 2.46. The van der Waals surface area contributed by atoms with E-state index in [0.717, 1.165) is 0 Å². The number of halogens is 2. The van der Waals surface area contributed by atoms with Crippen molar-refractivity contribution < 1.29 is 14.4 Å². The molecule has 3 amide bonds. The van der Waals surface area contributed by atoms with Crippen molar-refractivity contribution in [3.63, 3.8) is 0 Å². The lowest BCUT2D eigenvalue weighted by Gasteiger charge is -2.14. The van der Waals surface area contributed by atoms with E-state index in [-0.39, 0.29) is 42.5 Å². The molecule has 2 atom stereocenters. The van der Waals surface area contributed by atoms with Crippen LogP contribution < -0.4 is 5.32 Å². The molecule has 1 aromatic rings. The summed E-state index contributed by atoms with van der Waals surface area (Å²) in [5.74, 6) is -1.16. The fourth-order valence-electron chi connectivity index (χ4n) is 3.10. The molecule has 0 unspecified atom stereocenters. The van der Waals surface area contributed by atoms with E-state index < -0.39 is 0 Å². The van der Waals surface area contributed by atoms with Gasteiger partial charge in [-0.05, 0) is 31.0 Å². The standard InChI is InChI=1S/C17H16Cl2N2O3/c18-13-6-5-10(9-14(13)19)20-15(22)7-8-21-16(23)11-3-1-2-4-12(11)17(21)24/h1-2,5-6,9,11-12H,3-4,7-8H2,(H,20,22)/t11-,12+. The highest BCUT2D eigenvalue weighted by molar-refractivity contribution is 6.42. The lowest BCUT2D eigenvalue weighted by Crippen LogP contribution is -2.34. The first-order valence-corrected chi connectivity index (χ1v) is 8.48. The molecule has 24 heavy (non-hydrogen) atoms. The third-order valence-electron chi connectivity index (χ3n) is 4.36. The molecule has 1 aliphatic heterocycles. The van der Waals surface area contributed by atoms with E-state index in [1.165, 1.54) is 4.90 Å². The van der Waals surface area contributed by atoms with Crippen LogP contribution in [0.25, 0.3) is 0 Å². The topological polar surface area (TPSA) is 66.5 Å². The Morgan fingerprint density at radius 1 is 1.08 bits per heavy atom. The van der Waals surface area contributed by atoms with E-state index in [1.807, 2.05) is 12.2 Å². The number of benzene rings is 1. The third kappa shape index (κ3) is 3.32. The zero-order chi connectivity index (χ0) is 17.3. The van der Waals surface area contributed by atoms with Crippen LogP contribution >= 0.6 is 23.2 Å². The molecule has 1 N–H and O–H groups in total. The summed E-state index contributed by atoms with van der Waals surface area (Å²) in [6.07, 6.45) is 5.12. The van der Waals surface area contributed by atoms with E-state index in [2.05, 4.69) is 5.32 Å². The largest absolute Gasteiger partial charge is 0.326 e. The Morgan fingerprint density at radius 3 is 2.29 bits per heavy atom. The number of hydrogen-bond donors (Lipinski definition) is 1. The number of nitrogens with one attached hydrogen (secondary N) is 1. The fraction of sp³-hybridized carbons (Fsp3) is 0.353. The third-order valence-corrected chi connectivity index (χ3v) is 5.10. The molecular weight excluding hydrogens is 351 g/mol. The first kappa shape index (κ1) is 17.0. The molecular formula is C17H16Cl2N2O3. The van der Waals surface area contributed by atoms with Crippen molar-refractivity contribution in [2.24, 2.45) is 11.8 Å². The molecule has 126 valence electrons. The van der Waals surface area contributed by atoms with Gasteiger partial charge in [0.15, 0.2) is 0 Å². The van der Waals surface area contributed by atoms with Crippen LogP contribution in [0.2, 0.25) is 10.0 Å². The summed E-state index contributed by atoms with van der Waals surface area (Å²) < 4.78 is 0. The lowest BCUT2D eigenvalue weighted by molar-refractivity contribution is -0.140. The number of carbonyl (C=O) groups is 3. The molecule has 2 aliphatic rings. The summed E-state index contributed by atoms with van der Waals surface area (Å²) >= 11 is 11.7. The SMILES string of the molecule is O=C(CCN1C(=O)[C@H]2CC=CC[C@H]2C1=O)Nc1ccc(Cl)c(Cl)c1. The van der Waals surface area contributed by atoms with Crippen molar-refractivity contribution in [2.45, 2.75) is 19.3 Å². The van der Waals surface area contributed by atoms with Crippen molar-refractivity contribution in [3.8, 4) is 0 Å². The molecule has 0 radical (unpaired) electrons. The van der Waals surface area contributed by atoms with Gasteiger partial charge in [0, 0.05) is 18.7 Å². The lowest BCUT2D eigenvalue weighted by atomic mass is 9.85. The number of imide groups is 1. The molecule has 5 nitrogen and oxygen atoms in total. The van der Waals surface area contributed by atoms with Gasteiger partial charge < -0.3 is 5.32 Å². The minimum Gasteiger partial charge on any atom is -0.326 e. The fourth-order valence-corrected chi connectivity index (χ4v) is 3.40. The minimum atomic E-state index is -0.290. The molecule has 3 rings (SSSR count). The predicted octanol–water partition coefficient (Wildman–Crippen LogP) is 3.27. The second-order valence-electron chi connectivity index (χ2n) is 5.91. The molecule has 1 fully saturated rings. The Balaban J connectivity index is 1.57. The van der Waals surface area contributed by atoms with Crippen LogP contribution in [0.15, 0.2) is 30.4 Å². The monoisotopic (exact) mass is 366 g/mol. The summed E-state index contributed by atoms with van der Waals surface area (Å²) in [5.41, 5.74) is 0.520. The molecule has 0 spiro atoms. The summed E-state index contributed by atoms with van der Waals surface area (Å²) in [6.45, 7) is 0.0951. The van der Waals surface area contributed by atoms with Gasteiger partial charge in [-0.15, -0.1) is 0 Å². The number of nitrogens with zero attached hydrogens (tertiary/aromatic N) is 1. The molecule has 0 bridgehead atoms. The number of hydrogen-bond acceptors (Lipinski definition) is 3. The van der Waals surface area contributed by atoms with E-state index in [4.69, 9.17) is 23.2 Å². The normalized spacial score (nSPS) is 22.7. The molecule has 0 saturated carbocycles. The Kier molecular flexibility index (Phi) is 4.92. The van der Waals surface area contributed by atoms with Gasteiger partial charge >= 0.3 is 0 Å². The predicted molar refractivity (Wildman–Crippen MR) is 91.8 cm³/mol. The van der Waals surface area contributed by atoms with Gasteiger partial charge in [0.25, 0.3) is 0 Å². The van der Waals surface area contributed by atoms with Crippen LogP contribution in [0.3, 0.4) is 0 Å². The summed E-state index contributed by atoms with van der Waals surface area (Å²) in [6, 6.07) is 4.78. The van der Waals surface area contributed by atoms with Gasteiger partial charge in [-0.3, -0.25) is 19.3 Å². The van der Waals surface area contributed by atoms with Crippen LogP contribution in [-0.4, -0.2) is 29.2 Å². The van der Waals surface area contributed by atoms with E-state index in [1.54, 1.807) is 18.2 Å². The first-order valence-electron chi connectivity index (χ1n) is 7.72. The maximum absolute atomic E-state index is 12.3. The van der Waals surface area contributed by atoms with Crippen LogP contribution in [0.1, 0.15) is 19.3 Å². The first-order chi connectivity index (χ1) is 11.5. The number of anilines is 1. The van der Waals surface area contributed by atoms with Crippen LogP contribution in [-0.2, 0) is 14.4 Å².